The molecule has 0 N–H and O–H groups in total. The topological polar surface area (TPSA) is 67.6 Å². The van der Waals surface area contributed by atoms with Crippen LogP contribution in [0.4, 0.5) is 4.39 Å². The van der Waals surface area contributed by atoms with Gasteiger partial charge in [-0.15, -0.1) is 11.3 Å². The number of benzene rings is 1. The number of hydrogen-bond acceptors (Lipinski definition) is 5. The summed E-state index contributed by atoms with van der Waals surface area (Å²) in [6.07, 6.45) is 0.422. The second-order valence-electron chi connectivity index (χ2n) is 6.74. The molecule has 0 spiro atoms. The van der Waals surface area contributed by atoms with Gasteiger partial charge in [-0.1, -0.05) is 6.07 Å². The van der Waals surface area contributed by atoms with E-state index in [2.05, 4.69) is 0 Å². The summed E-state index contributed by atoms with van der Waals surface area (Å²) in [5.41, 5.74) is 0.729. The minimum absolute atomic E-state index is 0.0321. The van der Waals surface area contributed by atoms with Gasteiger partial charge in [0.05, 0.1) is 22.9 Å². The van der Waals surface area contributed by atoms with Crippen molar-refractivity contribution in [1.82, 2.24) is 4.90 Å². The Hall–Kier alpha value is -2.45. The van der Waals surface area contributed by atoms with Crippen LogP contribution in [-0.4, -0.2) is 36.8 Å². The number of rotatable bonds is 5. The van der Waals surface area contributed by atoms with E-state index < -0.39 is 9.84 Å². The molecule has 3 heterocycles. The summed E-state index contributed by atoms with van der Waals surface area (Å²) >= 11 is 1.33. The van der Waals surface area contributed by atoms with Crippen LogP contribution in [0.1, 0.15) is 21.9 Å². The van der Waals surface area contributed by atoms with E-state index in [1.807, 2.05) is 5.38 Å². The zero-order valence-corrected chi connectivity index (χ0v) is 16.5. The molecule has 1 saturated heterocycles. The SMILES string of the molecule is O=C(c1cccs1)N(Cc1ccc(-c2ccc(F)cc2)o1)[C@H]1CCS(=O)(=O)C1. The molecule has 2 aromatic heterocycles. The van der Waals surface area contributed by atoms with Crippen LogP contribution >= 0.6 is 11.3 Å². The third-order valence-electron chi connectivity index (χ3n) is 4.76. The molecule has 1 atom stereocenters. The van der Waals surface area contributed by atoms with Crippen molar-refractivity contribution in [3.63, 3.8) is 0 Å². The van der Waals surface area contributed by atoms with Crippen LogP contribution in [0.25, 0.3) is 11.3 Å². The van der Waals surface area contributed by atoms with Crippen LogP contribution in [0.5, 0.6) is 0 Å². The first-order valence-electron chi connectivity index (χ1n) is 8.81. The third kappa shape index (κ3) is 4.02. The van der Waals surface area contributed by atoms with Gasteiger partial charge in [-0.3, -0.25) is 4.79 Å². The van der Waals surface area contributed by atoms with Gasteiger partial charge in [0.2, 0.25) is 0 Å². The Bertz CT molecular complexity index is 1070. The molecule has 0 radical (unpaired) electrons. The molecule has 1 amide bonds. The van der Waals surface area contributed by atoms with Gasteiger partial charge in [0.25, 0.3) is 5.91 Å². The highest BCUT2D eigenvalue weighted by Gasteiger charge is 2.35. The fraction of sp³-hybridized carbons (Fsp3) is 0.250. The quantitative estimate of drug-likeness (QED) is 0.627. The zero-order valence-electron chi connectivity index (χ0n) is 14.9. The highest BCUT2D eigenvalue weighted by atomic mass is 32.2. The number of halogens is 1. The highest BCUT2D eigenvalue weighted by molar-refractivity contribution is 7.91. The first-order chi connectivity index (χ1) is 13.4. The molecule has 8 heteroatoms. The second kappa shape index (κ2) is 7.52. The number of carbonyl (C=O) groups excluding carboxylic acids is 1. The summed E-state index contributed by atoms with van der Waals surface area (Å²) in [4.78, 5) is 15.1. The lowest BCUT2D eigenvalue weighted by Crippen LogP contribution is -2.40. The van der Waals surface area contributed by atoms with E-state index in [1.165, 1.54) is 23.5 Å². The van der Waals surface area contributed by atoms with Crippen LogP contribution in [0, 0.1) is 5.82 Å². The molecule has 5 nitrogen and oxygen atoms in total. The maximum Gasteiger partial charge on any atom is 0.264 e. The largest absolute Gasteiger partial charge is 0.459 e. The minimum atomic E-state index is -3.13. The monoisotopic (exact) mass is 419 g/mol. The lowest BCUT2D eigenvalue weighted by molar-refractivity contribution is 0.0671. The van der Waals surface area contributed by atoms with E-state index in [9.17, 15) is 17.6 Å². The Labute approximate surface area is 166 Å². The standard InChI is InChI=1S/C20H18FNO4S2/c21-15-5-3-14(4-6-15)18-8-7-17(26-18)12-22(16-9-11-28(24,25)13-16)20(23)19-2-1-10-27-19/h1-8,10,16H,9,11-13H2/t16-/m0/s1. The van der Waals surface area contributed by atoms with Gasteiger partial charge in [0, 0.05) is 11.6 Å². The molecule has 0 aliphatic carbocycles. The number of thiophene rings is 1. The number of hydrogen-bond donors (Lipinski definition) is 0. The molecule has 146 valence electrons. The Kier molecular flexibility index (Phi) is 5.07. The Morgan fingerprint density at radius 2 is 1.96 bits per heavy atom. The average molecular weight is 419 g/mol. The fourth-order valence-electron chi connectivity index (χ4n) is 3.33. The molecule has 1 aliphatic rings. The van der Waals surface area contributed by atoms with Crippen molar-refractivity contribution in [3.05, 3.63) is 70.4 Å². The van der Waals surface area contributed by atoms with Crippen molar-refractivity contribution in [1.29, 1.82) is 0 Å². The van der Waals surface area contributed by atoms with Gasteiger partial charge in [0.1, 0.15) is 17.3 Å². The maximum atomic E-state index is 13.1. The van der Waals surface area contributed by atoms with Crippen molar-refractivity contribution < 1.29 is 22.0 Å². The summed E-state index contributed by atoms with van der Waals surface area (Å²) in [5, 5.41) is 1.82. The van der Waals surface area contributed by atoms with Gasteiger partial charge in [-0.05, 0) is 54.3 Å². The van der Waals surface area contributed by atoms with E-state index in [1.54, 1.807) is 41.3 Å². The van der Waals surface area contributed by atoms with E-state index in [4.69, 9.17) is 4.42 Å². The lowest BCUT2D eigenvalue weighted by Gasteiger charge is -2.27. The van der Waals surface area contributed by atoms with Gasteiger partial charge >= 0.3 is 0 Å². The summed E-state index contributed by atoms with van der Waals surface area (Å²) < 4.78 is 42.8. The molecule has 28 heavy (non-hydrogen) atoms. The van der Waals surface area contributed by atoms with Crippen LogP contribution in [0.15, 0.2) is 58.3 Å². The summed E-state index contributed by atoms with van der Waals surface area (Å²) in [7, 11) is -3.13. The third-order valence-corrected chi connectivity index (χ3v) is 7.37. The molecule has 0 bridgehead atoms. The van der Waals surface area contributed by atoms with Crippen LogP contribution in [0.3, 0.4) is 0 Å². The number of sulfone groups is 1. The van der Waals surface area contributed by atoms with Crippen molar-refractivity contribution in [2.24, 2.45) is 0 Å². The molecular weight excluding hydrogens is 401 g/mol. The normalized spacial score (nSPS) is 18.2. The Morgan fingerprint density at radius 3 is 2.61 bits per heavy atom. The van der Waals surface area contributed by atoms with Crippen molar-refractivity contribution >= 4 is 27.1 Å². The zero-order chi connectivity index (χ0) is 19.7. The van der Waals surface area contributed by atoms with Gasteiger partial charge in [0.15, 0.2) is 9.84 Å². The maximum absolute atomic E-state index is 13.1. The number of furan rings is 1. The molecule has 1 aliphatic heterocycles. The highest BCUT2D eigenvalue weighted by Crippen LogP contribution is 2.27. The number of amides is 1. The Morgan fingerprint density at radius 1 is 1.18 bits per heavy atom. The Balaban J connectivity index is 1.59. The second-order valence-corrected chi connectivity index (χ2v) is 9.92. The predicted molar refractivity (Wildman–Crippen MR) is 105 cm³/mol. The first-order valence-corrected chi connectivity index (χ1v) is 11.5. The summed E-state index contributed by atoms with van der Waals surface area (Å²) in [5.74, 6) is 0.647. The number of carbonyl (C=O) groups is 1. The molecular formula is C20H18FNO4S2. The number of nitrogens with zero attached hydrogens (tertiary/aromatic N) is 1. The molecule has 4 rings (SSSR count). The lowest BCUT2D eigenvalue weighted by atomic mass is 10.2. The smallest absolute Gasteiger partial charge is 0.264 e. The van der Waals surface area contributed by atoms with Crippen molar-refractivity contribution in [2.75, 3.05) is 11.5 Å². The van der Waals surface area contributed by atoms with Gasteiger partial charge < -0.3 is 9.32 Å². The molecule has 3 aromatic rings. The van der Waals surface area contributed by atoms with E-state index in [0.29, 0.717) is 22.8 Å². The first kappa shape index (κ1) is 18.9. The average Bonchev–Trinajstić information content (AvgIpc) is 3.41. The molecule has 0 unspecified atom stereocenters. The van der Waals surface area contributed by atoms with E-state index >= 15 is 0 Å². The van der Waals surface area contributed by atoms with Crippen LogP contribution in [-0.2, 0) is 16.4 Å². The van der Waals surface area contributed by atoms with Crippen molar-refractivity contribution in [2.45, 2.75) is 19.0 Å². The fourth-order valence-corrected chi connectivity index (χ4v) is 5.74. The van der Waals surface area contributed by atoms with Gasteiger partial charge in [-0.25, -0.2) is 12.8 Å². The summed E-state index contributed by atoms with van der Waals surface area (Å²) in [6.45, 7) is 0.179. The van der Waals surface area contributed by atoms with Crippen LogP contribution in [0.2, 0.25) is 0 Å². The van der Waals surface area contributed by atoms with Crippen LogP contribution < -0.4 is 0 Å². The molecule has 1 fully saturated rings. The minimum Gasteiger partial charge on any atom is -0.459 e. The molecule has 1 aromatic carbocycles. The van der Waals surface area contributed by atoms with Gasteiger partial charge in [-0.2, -0.15) is 0 Å². The summed E-state index contributed by atoms with van der Waals surface area (Å²) in [6, 6.07) is 12.6. The van der Waals surface area contributed by atoms with Crippen molar-refractivity contribution in [3.8, 4) is 11.3 Å². The predicted octanol–water partition coefficient (Wildman–Crippen LogP) is 3.98. The van der Waals surface area contributed by atoms with E-state index in [0.717, 1.165) is 5.56 Å². The van der Waals surface area contributed by atoms with E-state index in [-0.39, 0.29) is 35.8 Å². The molecule has 0 saturated carbocycles.